The highest BCUT2D eigenvalue weighted by Gasteiger charge is 2.12. The Kier molecular flexibility index (Phi) is 8.16. The molecule has 0 bridgehead atoms. The molecule has 8 heteroatoms. The summed E-state index contributed by atoms with van der Waals surface area (Å²) in [6, 6.07) is 14.2. The van der Waals surface area contributed by atoms with Crippen LogP contribution >= 0.6 is 24.0 Å². The standard InChI is InChI=1S/C23H27N5O2.HI/c1-17-6-3-4-7-19(17)15-25-23(24-13-18-14-26-28(2)16-18)27-20-8-9-21-22(12-20)30-11-5-10-29-21;/h3-4,6-9,12,14,16H,5,10-11,13,15H2,1-2H3,(H2,24,25,27);1H. The molecule has 1 aliphatic rings. The first kappa shape index (κ1) is 22.9. The third-order valence-corrected chi connectivity index (χ3v) is 4.90. The number of fused-ring (bicyclic) bond motifs is 1. The summed E-state index contributed by atoms with van der Waals surface area (Å²) in [7, 11) is 1.90. The zero-order chi connectivity index (χ0) is 20.8. The Labute approximate surface area is 199 Å². The fraction of sp³-hybridized carbons (Fsp3) is 0.304. The number of aryl methyl sites for hydroxylation is 2. The molecule has 0 atom stereocenters. The molecule has 164 valence electrons. The molecule has 0 radical (unpaired) electrons. The number of benzene rings is 2. The first-order valence-corrected chi connectivity index (χ1v) is 10.1. The van der Waals surface area contributed by atoms with Gasteiger partial charge in [0.2, 0.25) is 0 Å². The van der Waals surface area contributed by atoms with Gasteiger partial charge in [-0.15, -0.1) is 24.0 Å². The molecule has 0 saturated carbocycles. The van der Waals surface area contributed by atoms with Crippen LogP contribution in [0.25, 0.3) is 0 Å². The van der Waals surface area contributed by atoms with Gasteiger partial charge in [-0.3, -0.25) is 4.68 Å². The Hall–Kier alpha value is -2.75. The number of hydrogen-bond acceptors (Lipinski definition) is 4. The Morgan fingerprint density at radius 3 is 2.71 bits per heavy atom. The summed E-state index contributed by atoms with van der Waals surface area (Å²) in [5, 5.41) is 11.0. The monoisotopic (exact) mass is 533 g/mol. The van der Waals surface area contributed by atoms with Crippen molar-refractivity contribution in [3.05, 3.63) is 71.5 Å². The molecule has 2 heterocycles. The highest BCUT2D eigenvalue weighted by molar-refractivity contribution is 14.0. The molecule has 0 amide bonds. The zero-order valence-corrected chi connectivity index (χ0v) is 20.1. The lowest BCUT2D eigenvalue weighted by Gasteiger charge is -2.15. The van der Waals surface area contributed by atoms with E-state index in [-0.39, 0.29) is 24.0 Å². The molecule has 1 aliphatic heterocycles. The second-order valence-corrected chi connectivity index (χ2v) is 7.30. The summed E-state index contributed by atoms with van der Waals surface area (Å²) < 4.78 is 13.3. The highest BCUT2D eigenvalue weighted by Crippen LogP contribution is 2.32. The maximum absolute atomic E-state index is 5.81. The van der Waals surface area contributed by atoms with Crippen LogP contribution in [0.15, 0.2) is 59.9 Å². The molecule has 0 spiro atoms. The molecule has 0 fully saturated rings. The minimum absolute atomic E-state index is 0. The number of aromatic nitrogens is 2. The zero-order valence-electron chi connectivity index (χ0n) is 17.8. The van der Waals surface area contributed by atoms with Gasteiger partial charge in [-0.25, -0.2) is 4.99 Å². The maximum atomic E-state index is 5.81. The van der Waals surface area contributed by atoms with Gasteiger partial charge >= 0.3 is 0 Å². The van der Waals surface area contributed by atoms with Crippen LogP contribution in [0.3, 0.4) is 0 Å². The average molecular weight is 533 g/mol. The summed E-state index contributed by atoms with van der Waals surface area (Å²) in [5.41, 5.74) is 4.41. The quantitative estimate of drug-likeness (QED) is 0.291. The van der Waals surface area contributed by atoms with E-state index in [0.29, 0.717) is 32.3 Å². The molecular weight excluding hydrogens is 505 g/mol. The van der Waals surface area contributed by atoms with Gasteiger partial charge in [-0.05, 0) is 30.2 Å². The van der Waals surface area contributed by atoms with E-state index in [4.69, 9.17) is 14.5 Å². The summed E-state index contributed by atoms with van der Waals surface area (Å²) in [6.07, 6.45) is 4.68. The van der Waals surface area contributed by atoms with Gasteiger partial charge in [0.1, 0.15) is 0 Å². The van der Waals surface area contributed by atoms with Gasteiger partial charge < -0.3 is 20.1 Å². The fourth-order valence-corrected chi connectivity index (χ4v) is 3.23. The molecule has 3 aromatic rings. The lowest BCUT2D eigenvalue weighted by atomic mass is 10.1. The van der Waals surface area contributed by atoms with Crippen molar-refractivity contribution < 1.29 is 9.47 Å². The predicted molar refractivity (Wildman–Crippen MR) is 133 cm³/mol. The molecule has 1 aromatic heterocycles. The minimum Gasteiger partial charge on any atom is -0.490 e. The van der Waals surface area contributed by atoms with Crippen molar-refractivity contribution in [2.75, 3.05) is 18.5 Å². The Morgan fingerprint density at radius 2 is 1.94 bits per heavy atom. The van der Waals surface area contributed by atoms with Crippen LogP contribution < -0.4 is 20.1 Å². The van der Waals surface area contributed by atoms with Crippen molar-refractivity contribution in [1.29, 1.82) is 0 Å². The smallest absolute Gasteiger partial charge is 0.196 e. The highest BCUT2D eigenvalue weighted by atomic mass is 127. The number of guanidine groups is 1. The van der Waals surface area contributed by atoms with Gasteiger partial charge in [-0.2, -0.15) is 5.10 Å². The molecule has 0 aliphatic carbocycles. The van der Waals surface area contributed by atoms with Crippen molar-refractivity contribution in [3.8, 4) is 11.5 Å². The van der Waals surface area contributed by atoms with E-state index in [1.165, 1.54) is 11.1 Å². The number of anilines is 1. The molecule has 4 rings (SSSR count). The maximum Gasteiger partial charge on any atom is 0.196 e. The number of nitrogens with one attached hydrogen (secondary N) is 2. The van der Waals surface area contributed by atoms with E-state index in [9.17, 15) is 0 Å². The van der Waals surface area contributed by atoms with Crippen LogP contribution in [0, 0.1) is 6.92 Å². The summed E-state index contributed by atoms with van der Waals surface area (Å²) >= 11 is 0. The van der Waals surface area contributed by atoms with E-state index < -0.39 is 0 Å². The van der Waals surface area contributed by atoms with Crippen molar-refractivity contribution in [1.82, 2.24) is 15.1 Å². The van der Waals surface area contributed by atoms with E-state index in [0.717, 1.165) is 29.2 Å². The summed E-state index contributed by atoms with van der Waals surface area (Å²) in [6.45, 7) is 4.65. The summed E-state index contributed by atoms with van der Waals surface area (Å²) in [5.74, 6) is 2.22. The van der Waals surface area contributed by atoms with Gasteiger partial charge in [-0.1, -0.05) is 24.3 Å². The van der Waals surface area contributed by atoms with E-state index >= 15 is 0 Å². The topological polar surface area (TPSA) is 72.7 Å². The first-order chi connectivity index (χ1) is 14.7. The van der Waals surface area contributed by atoms with E-state index in [2.05, 4.69) is 34.8 Å². The molecule has 2 N–H and O–H groups in total. The molecule has 7 nitrogen and oxygen atoms in total. The van der Waals surface area contributed by atoms with Crippen molar-refractivity contribution in [2.24, 2.45) is 12.0 Å². The van der Waals surface area contributed by atoms with Gasteiger partial charge in [0.05, 0.1) is 26.0 Å². The molecule has 31 heavy (non-hydrogen) atoms. The number of halogens is 1. The number of aliphatic imine (C=N–C) groups is 1. The van der Waals surface area contributed by atoms with Gasteiger partial charge in [0.15, 0.2) is 17.5 Å². The van der Waals surface area contributed by atoms with Crippen LogP contribution in [0.1, 0.15) is 23.1 Å². The van der Waals surface area contributed by atoms with Crippen molar-refractivity contribution >= 4 is 35.6 Å². The lowest BCUT2D eigenvalue weighted by Crippen LogP contribution is -2.30. The third kappa shape index (κ3) is 6.36. The van der Waals surface area contributed by atoms with Crippen LogP contribution in [-0.2, 0) is 20.1 Å². The van der Waals surface area contributed by atoms with Crippen molar-refractivity contribution in [3.63, 3.8) is 0 Å². The number of ether oxygens (including phenoxy) is 2. The van der Waals surface area contributed by atoms with E-state index in [1.807, 2.05) is 49.8 Å². The SMILES string of the molecule is Cc1ccccc1CNC(=NCc1cnn(C)c1)Nc1ccc2c(c1)OCCCO2.I. The van der Waals surface area contributed by atoms with Crippen LogP contribution in [0.2, 0.25) is 0 Å². The minimum atomic E-state index is 0. The molecule has 0 saturated heterocycles. The second-order valence-electron chi connectivity index (χ2n) is 7.30. The normalized spacial score (nSPS) is 13.2. The van der Waals surface area contributed by atoms with Crippen LogP contribution in [0.4, 0.5) is 5.69 Å². The average Bonchev–Trinajstić information content (AvgIpc) is 3.02. The Balaban J connectivity index is 0.00000272. The Bertz CT molecular complexity index is 1030. The molecular formula is C23H28IN5O2. The second kappa shape index (κ2) is 11.0. The predicted octanol–water partition coefficient (Wildman–Crippen LogP) is 4.27. The third-order valence-electron chi connectivity index (χ3n) is 4.90. The number of nitrogens with zero attached hydrogens (tertiary/aromatic N) is 3. The summed E-state index contributed by atoms with van der Waals surface area (Å²) in [4.78, 5) is 4.75. The largest absolute Gasteiger partial charge is 0.490 e. The number of hydrogen-bond donors (Lipinski definition) is 2. The van der Waals surface area contributed by atoms with Gasteiger partial charge in [0, 0.05) is 43.5 Å². The Morgan fingerprint density at radius 1 is 1.13 bits per heavy atom. The van der Waals surface area contributed by atoms with Crippen molar-refractivity contribution in [2.45, 2.75) is 26.4 Å². The lowest BCUT2D eigenvalue weighted by molar-refractivity contribution is 0.297. The first-order valence-electron chi connectivity index (χ1n) is 10.1. The molecule has 0 unspecified atom stereocenters. The fourth-order valence-electron chi connectivity index (χ4n) is 3.23. The van der Waals surface area contributed by atoms with E-state index in [1.54, 1.807) is 4.68 Å². The number of rotatable bonds is 5. The van der Waals surface area contributed by atoms with Crippen LogP contribution in [-0.4, -0.2) is 29.0 Å². The van der Waals surface area contributed by atoms with Crippen LogP contribution in [0.5, 0.6) is 11.5 Å². The van der Waals surface area contributed by atoms with Gasteiger partial charge in [0.25, 0.3) is 0 Å². The molecule has 2 aromatic carbocycles.